The lowest BCUT2D eigenvalue weighted by Crippen LogP contribution is -2.36. The van der Waals surface area contributed by atoms with Gasteiger partial charge < -0.3 is 48.9 Å². The van der Waals surface area contributed by atoms with Crippen molar-refractivity contribution in [3.8, 4) is 23.0 Å². The minimum atomic E-state index is -0.367. The third-order valence-corrected chi connectivity index (χ3v) is 12.5. The van der Waals surface area contributed by atoms with Gasteiger partial charge in [0.25, 0.3) is 0 Å². The molecule has 0 bridgehead atoms. The number of carbonyl (C=O) groups excluding carboxylic acids is 4. The van der Waals surface area contributed by atoms with Crippen LogP contribution in [0.1, 0.15) is 158 Å². The molecule has 2 aliphatic rings. The predicted octanol–water partition coefficient (Wildman–Crippen LogP) is 10.9. The fourth-order valence-corrected chi connectivity index (χ4v) is 8.34. The summed E-state index contributed by atoms with van der Waals surface area (Å²) in [6.45, 7) is 21.9. The molecule has 4 aromatic rings. The summed E-state index contributed by atoms with van der Waals surface area (Å²) >= 11 is 0. The number of rotatable bonds is 24. The molecule has 2 aliphatic heterocycles. The summed E-state index contributed by atoms with van der Waals surface area (Å²) in [6.07, 6.45) is 6.68. The molecule has 2 unspecified atom stereocenters. The van der Waals surface area contributed by atoms with Crippen molar-refractivity contribution in [2.75, 3.05) is 80.8 Å². The average Bonchev–Trinajstić information content (AvgIpc) is 3.34. The maximum absolute atomic E-state index is 12.8. The second kappa shape index (κ2) is 28.2. The average molecular weight is 1020 g/mol. The summed E-state index contributed by atoms with van der Waals surface area (Å²) in [5, 5.41) is 6.76. The van der Waals surface area contributed by atoms with Gasteiger partial charge in [0.1, 0.15) is 23.0 Å². The van der Waals surface area contributed by atoms with Crippen LogP contribution in [0.4, 0.5) is 0 Å². The number of benzene rings is 4. The molecule has 74 heavy (non-hydrogen) atoms. The van der Waals surface area contributed by atoms with E-state index in [9.17, 15) is 19.2 Å². The van der Waals surface area contributed by atoms with Crippen LogP contribution in [0.3, 0.4) is 0 Å². The van der Waals surface area contributed by atoms with Gasteiger partial charge in [0.15, 0.2) is 0 Å². The highest BCUT2D eigenvalue weighted by Crippen LogP contribution is 2.40. The maximum Gasteiger partial charge on any atom is 0.338 e. The lowest BCUT2D eigenvalue weighted by Gasteiger charge is -2.23. The van der Waals surface area contributed by atoms with E-state index in [1.165, 1.54) is 0 Å². The summed E-state index contributed by atoms with van der Waals surface area (Å²) in [4.78, 5) is 55.1. The number of hydrogen-bond donors (Lipinski definition) is 2. The van der Waals surface area contributed by atoms with Crippen molar-refractivity contribution >= 4 is 23.9 Å². The number of nitrogens with zero attached hydrogens (tertiary/aromatic N) is 2. The molecule has 0 spiro atoms. The molecule has 0 fully saturated rings. The first-order valence-corrected chi connectivity index (χ1v) is 26.4. The Labute approximate surface area is 441 Å². The van der Waals surface area contributed by atoms with Crippen molar-refractivity contribution in [1.82, 2.24) is 20.4 Å². The molecule has 0 aromatic heterocycles. The second-order valence-electron chi connectivity index (χ2n) is 22.4. The molecule has 4 aromatic carbocycles. The Hall–Kier alpha value is -5.80. The smallest absolute Gasteiger partial charge is 0.338 e. The van der Waals surface area contributed by atoms with Crippen molar-refractivity contribution in [1.29, 1.82) is 0 Å². The minimum absolute atomic E-state index is 0.0297. The first-order chi connectivity index (χ1) is 35.0. The van der Waals surface area contributed by atoms with Crippen LogP contribution in [-0.2, 0) is 31.8 Å². The van der Waals surface area contributed by atoms with Gasteiger partial charge in [0.2, 0.25) is 0 Å². The van der Waals surface area contributed by atoms with Crippen molar-refractivity contribution in [2.24, 2.45) is 11.8 Å². The molecule has 0 amide bonds. The van der Waals surface area contributed by atoms with Crippen LogP contribution in [0.15, 0.2) is 72.8 Å². The summed E-state index contributed by atoms with van der Waals surface area (Å²) in [5.41, 5.74) is 5.43. The van der Waals surface area contributed by atoms with E-state index >= 15 is 0 Å². The highest BCUT2D eigenvalue weighted by molar-refractivity contribution is 5.93. The van der Waals surface area contributed by atoms with Gasteiger partial charge in [-0.25, -0.2) is 19.2 Å². The molecule has 0 saturated heterocycles. The number of carbonyl (C=O) groups is 4. The predicted molar refractivity (Wildman–Crippen MR) is 291 cm³/mol. The number of hydrogen-bond acceptors (Lipinski definition) is 14. The Kier molecular flexibility index (Phi) is 22.5. The monoisotopic (exact) mass is 1020 g/mol. The van der Waals surface area contributed by atoms with Crippen LogP contribution < -0.4 is 20.1 Å². The van der Waals surface area contributed by atoms with Crippen LogP contribution in [0.2, 0.25) is 0 Å². The second-order valence-corrected chi connectivity index (χ2v) is 22.4. The van der Waals surface area contributed by atoms with Crippen LogP contribution in [0.25, 0.3) is 0 Å². The topological polar surface area (TPSA) is 154 Å². The molecule has 0 aliphatic carbocycles. The van der Waals surface area contributed by atoms with E-state index in [4.69, 9.17) is 28.4 Å². The Balaban J connectivity index is 0.000000274. The zero-order chi connectivity index (χ0) is 54.0. The van der Waals surface area contributed by atoms with Gasteiger partial charge in [-0.15, -0.1) is 0 Å². The third-order valence-electron chi connectivity index (χ3n) is 12.5. The van der Waals surface area contributed by atoms with Gasteiger partial charge in [-0.05, 0) is 213 Å². The molecule has 14 nitrogen and oxygen atoms in total. The fourth-order valence-electron chi connectivity index (χ4n) is 8.34. The molecule has 0 radical (unpaired) electrons. The Bertz CT molecular complexity index is 2410. The highest BCUT2D eigenvalue weighted by atomic mass is 16.5. The van der Waals surface area contributed by atoms with Gasteiger partial charge in [0, 0.05) is 46.2 Å². The van der Waals surface area contributed by atoms with Crippen molar-refractivity contribution in [2.45, 2.75) is 118 Å². The lowest BCUT2D eigenvalue weighted by atomic mass is 9.94. The Morgan fingerprint density at radius 3 is 1.36 bits per heavy atom. The molecule has 404 valence electrons. The van der Waals surface area contributed by atoms with Crippen LogP contribution in [0, 0.1) is 11.8 Å². The zero-order valence-corrected chi connectivity index (χ0v) is 46.4. The normalized spacial score (nSPS) is 13.4. The van der Waals surface area contributed by atoms with Crippen LogP contribution in [0.5, 0.6) is 23.0 Å². The van der Waals surface area contributed by atoms with Gasteiger partial charge in [-0.2, -0.15) is 0 Å². The number of esters is 4. The first-order valence-electron chi connectivity index (χ1n) is 26.4. The maximum atomic E-state index is 12.8. The summed E-state index contributed by atoms with van der Waals surface area (Å²) in [7, 11) is 8.24. The molecule has 2 atom stereocenters. The minimum Gasteiger partial charge on any atom is -0.462 e. The van der Waals surface area contributed by atoms with Crippen LogP contribution >= 0.6 is 0 Å². The van der Waals surface area contributed by atoms with Crippen molar-refractivity contribution < 1.29 is 47.6 Å². The quantitative estimate of drug-likeness (QED) is 0.0336. The van der Waals surface area contributed by atoms with E-state index in [1.807, 2.05) is 30.3 Å². The number of nitrogens with one attached hydrogen (secondary N) is 2. The SMILES string of the molecule is CC(C)(C)NCCCOC(=O)c1ccc2c(c1)Cc1c(cccc1C(=O)OCCCNC(C)(C)C)O2.CC(CCCN(C)C)COC(=O)c1ccc2c(c1)Cc1cc(C(=O)OCC(C)CCCN(C)C)ccc1O2. The Morgan fingerprint density at radius 2 is 0.932 bits per heavy atom. The third kappa shape index (κ3) is 19.8. The molecule has 14 heteroatoms. The molecule has 0 saturated carbocycles. The Morgan fingerprint density at radius 1 is 0.527 bits per heavy atom. The highest BCUT2D eigenvalue weighted by Gasteiger charge is 2.26. The number of ether oxygens (including phenoxy) is 6. The molecule has 2 heterocycles. The largest absolute Gasteiger partial charge is 0.462 e. The van der Waals surface area contributed by atoms with E-state index < -0.39 is 0 Å². The van der Waals surface area contributed by atoms with Gasteiger partial charge in [-0.3, -0.25) is 0 Å². The van der Waals surface area contributed by atoms with Gasteiger partial charge >= 0.3 is 23.9 Å². The molecule has 6 rings (SSSR count). The number of fused-ring (bicyclic) bond motifs is 4. The fraction of sp³-hybridized carbons (Fsp3) is 0.533. The lowest BCUT2D eigenvalue weighted by molar-refractivity contribution is 0.0433. The van der Waals surface area contributed by atoms with E-state index in [0.717, 1.165) is 87.0 Å². The van der Waals surface area contributed by atoms with Crippen molar-refractivity contribution in [3.05, 3.63) is 117 Å². The zero-order valence-electron chi connectivity index (χ0n) is 46.4. The molecule has 2 N–H and O–H groups in total. The van der Waals surface area contributed by atoms with E-state index in [0.29, 0.717) is 96.4 Å². The summed E-state index contributed by atoms with van der Waals surface area (Å²) in [6, 6.07) is 21.5. The van der Waals surface area contributed by atoms with Gasteiger partial charge in [-0.1, -0.05) is 19.9 Å². The first kappa shape index (κ1) is 59.1. The van der Waals surface area contributed by atoms with Gasteiger partial charge in [0.05, 0.1) is 48.7 Å². The van der Waals surface area contributed by atoms with Crippen LogP contribution in [-0.4, -0.2) is 126 Å². The van der Waals surface area contributed by atoms with Crippen molar-refractivity contribution in [3.63, 3.8) is 0 Å². The molecular weight excluding hydrogens is 937 g/mol. The summed E-state index contributed by atoms with van der Waals surface area (Å²) in [5.74, 6) is 1.98. The van der Waals surface area contributed by atoms with E-state index in [2.05, 4.69) is 104 Å². The van der Waals surface area contributed by atoms with E-state index in [1.54, 1.807) is 42.5 Å². The molecular formula is C60H84N4O10. The summed E-state index contributed by atoms with van der Waals surface area (Å²) < 4.78 is 34.3. The standard InChI is InChI=1S/C31H44N2O5.C29H40N2O5/c1-22(9-7-15-32(3)4)20-36-30(34)24-11-13-28-26(17-24)19-27-18-25(12-14-29(27)38-28)31(35)37-21-23(2)10-8-16-33(5)6;1-28(2,3)30-14-8-16-34-26(32)20-12-13-24-21(18-20)19-23-22(10-7-11-25(23)36-24)27(33)35-17-9-15-31-29(4,5)6/h11-14,17-18,22-23H,7-10,15-16,19-21H2,1-6H3;7,10-13,18,30-31H,8-9,14-17,19H2,1-6H3. The van der Waals surface area contributed by atoms with E-state index in [-0.39, 0.29) is 35.0 Å².